The van der Waals surface area contributed by atoms with Gasteiger partial charge in [-0.1, -0.05) is 5.16 Å². The second-order valence-corrected chi connectivity index (χ2v) is 3.50. The maximum absolute atomic E-state index is 12.9. The molecule has 0 fully saturated rings. The molecular formula is C10H10FN5O2. The minimum absolute atomic E-state index is 0.0322. The van der Waals surface area contributed by atoms with Gasteiger partial charge in [-0.3, -0.25) is 4.79 Å². The first-order valence-electron chi connectivity index (χ1n) is 5.04. The third-order valence-corrected chi connectivity index (χ3v) is 2.11. The van der Waals surface area contributed by atoms with Gasteiger partial charge in [0.25, 0.3) is 5.91 Å². The van der Waals surface area contributed by atoms with Gasteiger partial charge < -0.3 is 15.6 Å². The van der Waals surface area contributed by atoms with Gasteiger partial charge >= 0.3 is 0 Å². The Balaban J connectivity index is 2.05. The molecule has 0 aliphatic rings. The summed E-state index contributed by atoms with van der Waals surface area (Å²) in [6.45, 7) is 1.69. The van der Waals surface area contributed by atoms with E-state index in [4.69, 9.17) is 10.3 Å². The number of pyridine rings is 1. The first-order valence-corrected chi connectivity index (χ1v) is 5.04. The maximum atomic E-state index is 12.9. The van der Waals surface area contributed by atoms with Gasteiger partial charge in [0.1, 0.15) is 11.6 Å². The average molecular weight is 251 g/mol. The molecule has 18 heavy (non-hydrogen) atoms. The largest absolute Gasteiger partial charge is 0.383 e. The van der Waals surface area contributed by atoms with Crippen LogP contribution in [0.2, 0.25) is 0 Å². The number of hydrogen-bond donors (Lipinski definition) is 2. The standard InChI is InChI=1S/C10H10FN5O2/c1-5-15-8(16-18-5)4-14-10(17)7-2-6(11)3-13-9(7)12/h2-3H,4H2,1H3,(H2,12,13)(H,14,17). The van der Waals surface area contributed by atoms with Crippen LogP contribution < -0.4 is 11.1 Å². The van der Waals surface area contributed by atoms with Crippen molar-refractivity contribution < 1.29 is 13.7 Å². The summed E-state index contributed by atoms with van der Waals surface area (Å²) in [4.78, 5) is 19.2. The summed E-state index contributed by atoms with van der Waals surface area (Å²) < 4.78 is 17.7. The Hall–Kier alpha value is -2.51. The molecule has 2 aromatic rings. The number of carbonyl (C=O) groups excluding carboxylic acids is 1. The molecule has 0 saturated heterocycles. The van der Waals surface area contributed by atoms with E-state index < -0.39 is 11.7 Å². The highest BCUT2D eigenvalue weighted by Gasteiger charge is 2.13. The van der Waals surface area contributed by atoms with Gasteiger partial charge in [0, 0.05) is 6.92 Å². The van der Waals surface area contributed by atoms with Crippen LogP contribution in [0, 0.1) is 12.7 Å². The van der Waals surface area contributed by atoms with Gasteiger partial charge in [0.2, 0.25) is 5.89 Å². The summed E-state index contributed by atoms with van der Waals surface area (Å²) in [5.74, 6) is -0.514. The zero-order valence-corrected chi connectivity index (χ0v) is 9.48. The number of aromatic nitrogens is 3. The van der Waals surface area contributed by atoms with Crippen molar-refractivity contribution in [2.75, 3.05) is 5.73 Å². The van der Waals surface area contributed by atoms with Gasteiger partial charge in [-0.05, 0) is 6.07 Å². The zero-order valence-electron chi connectivity index (χ0n) is 9.48. The molecule has 2 aromatic heterocycles. The van der Waals surface area contributed by atoms with Crippen LogP contribution >= 0.6 is 0 Å². The molecule has 8 heteroatoms. The number of hydrogen-bond acceptors (Lipinski definition) is 6. The van der Waals surface area contributed by atoms with Crippen molar-refractivity contribution in [3.63, 3.8) is 0 Å². The Morgan fingerprint density at radius 2 is 2.39 bits per heavy atom. The quantitative estimate of drug-likeness (QED) is 0.818. The lowest BCUT2D eigenvalue weighted by molar-refractivity contribution is 0.0950. The van der Waals surface area contributed by atoms with Crippen molar-refractivity contribution in [2.24, 2.45) is 0 Å². The molecule has 0 unspecified atom stereocenters. The summed E-state index contributed by atoms with van der Waals surface area (Å²) >= 11 is 0. The molecule has 0 bridgehead atoms. The van der Waals surface area contributed by atoms with Crippen LogP contribution in [0.25, 0.3) is 0 Å². The zero-order chi connectivity index (χ0) is 13.1. The van der Waals surface area contributed by atoms with Crippen LogP contribution in [-0.4, -0.2) is 21.0 Å². The summed E-state index contributed by atoms with van der Waals surface area (Å²) in [6.07, 6.45) is 0.939. The van der Waals surface area contributed by atoms with Crippen LogP contribution in [0.4, 0.5) is 10.2 Å². The van der Waals surface area contributed by atoms with E-state index in [1.54, 1.807) is 6.92 Å². The normalized spacial score (nSPS) is 10.3. The average Bonchev–Trinajstić information content (AvgIpc) is 2.75. The highest BCUT2D eigenvalue weighted by atomic mass is 19.1. The van der Waals surface area contributed by atoms with E-state index in [2.05, 4.69) is 20.4 Å². The predicted octanol–water partition coefficient (Wildman–Crippen LogP) is 0.424. The number of carbonyl (C=O) groups is 1. The second-order valence-electron chi connectivity index (χ2n) is 3.50. The molecule has 2 heterocycles. The molecule has 1 amide bonds. The fourth-order valence-electron chi connectivity index (χ4n) is 1.30. The number of amides is 1. The van der Waals surface area contributed by atoms with Gasteiger partial charge in [-0.15, -0.1) is 0 Å². The lowest BCUT2D eigenvalue weighted by Crippen LogP contribution is -2.24. The van der Waals surface area contributed by atoms with Crippen LogP contribution in [0.5, 0.6) is 0 Å². The first-order chi connectivity index (χ1) is 8.56. The molecule has 3 N–H and O–H groups in total. The van der Waals surface area contributed by atoms with Crippen LogP contribution in [0.1, 0.15) is 22.1 Å². The van der Waals surface area contributed by atoms with Crippen molar-refractivity contribution in [3.8, 4) is 0 Å². The molecule has 0 radical (unpaired) electrons. The van der Waals surface area contributed by atoms with Gasteiger partial charge in [-0.25, -0.2) is 9.37 Å². The van der Waals surface area contributed by atoms with Crippen LogP contribution in [0.3, 0.4) is 0 Å². The molecule has 0 atom stereocenters. The number of nitrogens with zero attached hydrogens (tertiary/aromatic N) is 3. The van der Waals surface area contributed by atoms with Crippen molar-refractivity contribution in [3.05, 3.63) is 35.4 Å². The lowest BCUT2D eigenvalue weighted by Gasteiger charge is -2.04. The molecule has 7 nitrogen and oxygen atoms in total. The number of nitrogens with two attached hydrogens (primary N) is 1. The van der Waals surface area contributed by atoms with Crippen molar-refractivity contribution >= 4 is 11.7 Å². The molecule has 2 rings (SSSR count). The number of rotatable bonds is 3. The van der Waals surface area contributed by atoms with Gasteiger partial charge in [0.15, 0.2) is 5.82 Å². The third-order valence-electron chi connectivity index (χ3n) is 2.11. The molecule has 0 aromatic carbocycles. The summed E-state index contributed by atoms with van der Waals surface area (Å²) in [5.41, 5.74) is 5.44. The van der Waals surface area contributed by atoms with E-state index in [1.807, 2.05) is 0 Å². The molecule has 0 aliphatic heterocycles. The minimum atomic E-state index is -0.634. The molecule has 0 spiro atoms. The lowest BCUT2D eigenvalue weighted by atomic mass is 10.2. The Kier molecular flexibility index (Phi) is 3.18. The highest BCUT2D eigenvalue weighted by molar-refractivity contribution is 5.98. The fraction of sp³-hybridized carbons (Fsp3) is 0.200. The predicted molar refractivity (Wildman–Crippen MR) is 58.8 cm³/mol. The minimum Gasteiger partial charge on any atom is -0.383 e. The van der Waals surface area contributed by atoms with Gasteiger partial charge in [-0.2, -0.15) is 4.98 Å². The second kappa shape index (κ2) is 4.78. The third kappa shape index (κ3) is 2.59. The van der Waals surface area contributed by atoms with Crippen molar-refractivity contribution in [1.82, 2.24) is 20.4 Å². The van der Waals surface area contributed by atoms with Gasteiger partial charge in [0.05, 0.1) is 18.3 Å². The maximum Gasteiger partial charge on any atom is 0.255 e. The van der Waals surface area contributed by atoms with E-state index in [0.29, 0.717) is 11.7 Å². The number of aryl methyl sites for hydroxylation is 1. The smallest absolute Gasteiger partial charge is 0.255 e. The Labute approximate surface area is 101 Å². The fourth-order valence-corrected chi connectivity index (χ4v) is 1.30. The van der Waals surface area contributed by atoms with E-state index in [1.165, 1.54) is 0 Å². The monoisotopic (exact) mass is 251 g/mol. The summed E-state index contributed by atoms with van der Waals surface area (Å²) in [7, 11) is 0. The van der Waals surface area contributed by atoms with E-state index in [-0.39, 0.29) is 17.9 Å². The molecule has 0 aliphatic carbocycles. The number of nitrogen functional groups attached to an aromatic ring is 1. The van der Waals surface area contributed by atoms with E-state index >= 15 is 0 Å². The molecule has 94 valence electrons. The van der Waals surface area contributed by atoms with Crippen LogP contribution in [0.15, 0.2) is 16.8 Å². The summed E-state index contributed by atoms with van der Waals surface area (Å²) in [5, 5.41) is 6.09. The van der Waals surface area contributed by atoms with E-state index in [9.17, 15) is 9.18 Å². The van der Waals surface area contributed by atoms with E-state index in [0.717, 1.165) is 12.3 Å². The van der Waals surface area contributed by atoms with Crippen LogP contribution in [-0.2, 0) is 6.54 Å². The molecular weight excluding hydrogens is 241 g/mol. The Morgan fingerprint density at radius 1 is 1.61 bits per heavy atom. The number of anilines is 1. The summed E-state index contributed by atoms with van der Waals surface area (Å²) in [6, 6.07) is 1.01. The number of halogens is 1. The SMILES string of the molecule is Cc1nc(CNC(=O)c2cc(F)cnc2N)no1. The van der Waals surface area contributed by atoms with Crippen molar-refractivity contribution in [2.45, 2.75) is 13.5 Å². The molecule has 0 saturated carbocycles. The Morgan fingerprint density at radius 3 is 3.06 bits per heavy atom. The van der Waals surface area contributed by atoms with Crippen molar-refractivity contribution in [1.29, 1.82) is 0 Å². The topological polar surface area (TPSA) is 107 Å². The highest BCUT2D eigenvalue weighted by Crippen LogP contribution is 2.09. The number of nitrogens with one attached hydrogen (secondary N) is 1. The Bertz CT molecular complexity index is 583. The first kappa shape index (κ1) is 12.0.